The van der Waals surface area contributed by atoms with Crippen molar-refractivity contribution in [3.8, 4) is 5.75 Å². The Labute approximate surface area is 104 Å². The third-order valence-corrected chi connectivity index (χ3v) is 2.17. The van der Waals surface area contributed by atoms with Gasteiger partial charge in [-0.15, -0.1) is 0 Å². The van der Waals surface area contributed by atoms with E-state index in [2.05, 4.69) is 17.1 Å². The number of hydrogen-bond donors (Lipinski definition) is 1. The lowest BCUT2D eigenvalue weighted by molar-refractivity contribution is 0.241. The van der Waals surface area contributed by atoms with Crippen LogP contribution in [0.4, 0.5) is 0 Å². The van der Waals surface area contributed by atoms with Crippen molar-refractivity contribution in [1.29, 1.82) is 0 Å². The van der Waals surface area contributed by atoms with Crippen LogP contribution in [0, 0.1) is 0 Å². The van der Waals surface area contributed by atoms with Gasteiger partial charge in [0.05, 0.1) is 12.3 Å². The van der Waals surface area contributed by atoms with Crippen molar-refractivity contribution in [3.05, 3.63) is 36.2 Å². The van der Waals surface area contributed by atoms with Crippen LogP contribution < -0.4 is 10.5 Å². The van der Waals surface area contributed by atoms with E-state index in [1.165, 1.54) is 0 Å². The van der Waals surface area contributed by atoms with Crippen LogP contribution >= 0.6 is 0 Å². The van der Waals surface area contributed by atoms with Gasteiger partial charge in [-0.3, -0.25) is 4.98 Å². The largest absolute Gasteiger partial charge is 0.489 e. The number of rotatable bonds is 6. The van der Waals surface area contributed by atoms with Gasteiger partial charge in [0.15, 0.2) is 0 Å². The highest BCUT2D eigenvalue weighted by Gasteiger charge is 1.99. The second-order valence-electron chi connectivity index (χ2n) is 4.58. The van der Waals surface area contributed by atoms with Gasteiger partial charge in [0.25, 0.3) is 0 Å². The van der Waals surface area contributed by atoms with E-state index in [1.54, 1.807) is 6.20 Å². The molecule has 0 saturated heterocycles. The van der Waals surface area contributed by atoms with Crippen molar-refractivity contribution in [2.24, 2.45) is 5.73 Å². The van der Waals surface area contributed by atoms with E-state index in [4.69, 9.17) is 10.5 Å². The van der Waals surface area contributed by atoms with Crippen LogP contribution in [0.3, 0.4) is 0 Å². The summed E-state index contributed by atoms with van der Waals surface area (Å²) in [7, 11) is 0. The van der Waals surface area contributed by atoms with Crippen LogP contribution in [-0.4, -0.2) is 17.1 Å². The monoisotopic (exact) mass is 234 g/mol. The third-order valence-electron chi connectivity index (χ3n) is 2.17. The molecule has 17 heavy (non-hydrogen) atoms. The van der Waals surface area contributed by atoms with Gasteiger partial charge in [-0.25, -0.2) is 0 Å². The molecule has 1 heterocycles. The van der Waals surface area contributed by atoms with E-state index in [9.17, 15) is 0 Å². The summed E-state index contributed by atoms with van der Waals surface area (Å²) in [5, 5.41) is 0. The molecular weight excluding hydrogens is 212 g/mol. The summed E-state index contributed by atoms with van der Waals surface area (Å²) in [6, 6.07) is 2.25. The molecule has 0 radical (unpaired) electrons. The number of nitrogens with zero attached hydrogens (tertiary/aromatic N) is 1. The van der Waals surface area contributed by atoms with Crippen LogP contribution in [0.1, 0.15) is 32.8 Å². The van der Waals surface area contributed by atoms with E-state index in [1.807, 2.05) is 33.0 Å². The van der Waals surface area contributed by atoms with Crippen molar-refractivity contribution in [2.45, 2.75) is 45.8 Å². The topological polar surface area (TPSA) is 48.1 Å². The lowest BCUT2D eigenvalue weighted by atomic mass is 10.1. The van der Waals surface area contributed by atoms with Crippen molar-refractivity contribution >= 4 is 0 Å². The summed E-state index contributed by atoms with van der Waals surface area (Å²) in [4.78, 5) is 4.17. The maximum absolute atomic E-state index is 5.67. The zero-order chi connectivity index (χ0) is 12.7. The average molecular weight is 234 g/mol. The molecule has 1 rings (SSSR count). The first-order valence-electron chi connectivity index (χ1n) is 6.09. The zero-order valence-corrected chi connectivity index (χ0v) is 10.9. The van der Waals surface area contributed by atoms with Crippen LogP contribution in [0.2, 0.25) is 0 Å². The second kappa shape index (κ2) is 7.07. The minimum Gasteiger partial charge on any atom is -0.489 e. The Hall–Kier alpha value is -1.35. The summed E-state index contributed by atoms with van der Waals surface area (Å²) in [5.41, 5.74) is 6.82. The first-order chi connectivity index (χ1) is 8.08. The van der Waals surface area contributed by atoms with Gasteiger partial charge < -0.3 is 10.5 Å². The molecule has 0 aliphatic heterocycles. The van der Waals surface area contributed by atoms with Crippen molar-refractivity contribution < 1.29 is 4.74 Å². The Morgan fingerprint density at radius 3 is 2.71 bits per heavy atom. The molecule has 3 heteroatoms. The predicted octanol–water partition coefficient (Wildman–Crippen LogP) is 2.70. The van der Waals surface area contributed by atoms with Gasteiger partial charge in [0, 0.05) is 12.2 Å². The lowest BCUT2D eigenvalue weighted by Gasteiger charge is -2.09. The van der Waals surface area contributed by atoms with Gasteiger partial charge in [0.2, 0.25) is 0 Å². The Morgan fingerprint density at radius 1 is 1.29 bits per heavy atom. The fourth-order valence-electron chi connectivity index (χ4n) is 1.44. The molecule has 0 aliphatic carbocycles. The smallest absolute Gasteiger partial charge is 0.138 e. The molecule has 1 atom stereocenters. The van der Waals surface area contributed by atoms with Gasteiger partial charge >= 0.3 is 0 Å². The summed E-state index contributed by atoms with van der Waals surface area (Å²) in [6.45, 7) is 6.02. The minimum atomic E-state index is 0.181. The van der Waals surface area contributed by atoms with Crippen LogP contribution in [-0.2, 0) is 6.42 Å². The molecule has 1 aromatic heterocycles. The molecule has 3 nitrogen and oxygen atoms in total. The number of allylic oxidation sites excluding steroid dienone is 1. The van der Waals surface area contributed by atoms with E-state index < -0.39 is 0 Å². The molecule has 0 aliphatic rings. The Bertz CT molecular complexity index is 359. The summed E-state index contributed by atoms with van der Waals surface area (Å²) < 4.78 is 5.59. The first kappa shape index (κ1) is 13.7. The summed E-state index contributed by atoms with van der Waals surface area (Å²) in [5.74, 6) is 0.832. The van der Waals surface area contributed by atoms with Gasteiger partial charge in [-0.05, 0) is 45.2 Å². The van der Waals surface area contributed by atoms with Crippen LogP contribution in [0.5, 0.6) is 5.75 Å². The number of ether oxygens (including phenoxy) is 1. The molecule has 0 spiro atoms. The highest BCUT2D eigenvalue weighted by molar-refractivity contribution is 5.25. The van der Waals surface area contributed by atoms with E-state index in [0.29, 0.717) is 0 Å². The SMILES string of the molecule is CC(C)Oc1cncc(CC=CC[C@H](C)N)c1. The molecule has 0 fully saturated rings. The van der Waals surface area contributed by atoms with Gasteiger partial charge in [-0.2, -0.15) is 0 Å². The lowest BCUT2D eigenvalue weighted by Crippen LogP contribution is -2.12. The number of pyridine rings is 1. The quantitative estimate of drug-likeness (QED) is 0.770. The fourth-order valence-corrected chi connectivity index (χ4v) is 1.44. The third kappa shape index (κ3) is 6.07. The fraction of sp³-hybridized carbons (Fsp3) is 0.500. The number of nitrogens with two attached hydrogens (primary N) is 1. The van der Waals surface area contributed by atoms with Crippen molar-refractivity contribution in [2.75, 3.05) is 0 Å². The zero-order valence-electron chi connectivity index (χ0n) is 10.9. The molecule has 0 aromatic carbocycles. The van der Waals surface area contributed by atoms with Crippen molar-refractivity contribution in [1.82, 2.24) is 4.98 Å². The Morgan fingerprint density at radius 2 is 2.06 bits per heavy atom. The molecular formula is C14H22N2O. The Kier molecular flexibility index (Phi) is 5.70. The number of hydrogen-bond acceptors (Lipinski definition) is 3. The maximum Gasteiger partial charge on any atom is 0.138 e. The van der Waals surface area contributed by atoms with E-state index in [-0.39, 0.29) is 12.1 Å². The highest BCUT2D eigenvalue weighted by atomic mass is 16.5. The normalized spacial score (nSPS) is 13.2. The van der Waals surface area contributed by atoms with Gasteiger partial charge in [-0.1, -0.05) is 12.2 Å². The molecule has 0 unspecified atom stereocenters. The van der Waals surface area contributed by atoms with Crippen LogP contribution in [0.15, 0.2) is 30.6 Å². The molecule has 2 N–H and O–H groups in total. The molecule has 0 amide bonds. The highest BCUT2D eigenvalue weighted by Crippen LogP contribution is 2.13. The standard InChI is InChI=1S/C14H22N2O/c1-11(2)17-14-8-13(9-16-10-14)7-5-4-6-12(3)15/h4-5,8-12H,6-7,15H2,1-3H3/t12-/m0/s1. The van der Waals surface area contributed by atoms with Crippen molar-refractivity contribution in [3.63, 3.8) is 0 Å². The minimum absolute atomic E-state index is 0.181. The predicted molar refractivity (Wildman–Crippen MR) is 71.1 cm³/mol. The maximum atomic E-state index is 5.67. The molecule has 0 bridgehead atoms. The average Bonchev–Trinajstić information content (AvgIpc) is 2.24. The number of aromatic nitrogens is 1. The summed E-state index contributed by atoms with van der Waals surface area (Å²) in [6.07, 6.45) is 9.81. The molecule has 94 valence electrons. The second-order valence-corrected chi connectivity index (χ2v) is 4.58. The van der Waals surface area contributed by atoms with Gasteiger partial charge in [0.1, 0.15) is 5.75 Å². The molecule has 0 saturated carbocycles. The van der Waals surface area contributed by atoms with E-state index in [0.717, 1.165) is 24.2 Å². The van der Waals surface area contributed by atoms with E-state index >= 15 is 0 Å². The van der Waals surface area contributed by atoms with Crippen LogP contribution in [0.25, 0.3) is 0 Å². The Balaban J connectivity index is 2.51. The first-order valence-corrected chi connectivity index (χ1v) is 6.09. The summed E-state index contributed by atoms with van der Waals surface area (Å²) >= 11 is 0. The molecule has 1 aromatic rings.